The summed E-state index contributed by atoms with van der Waals surface area (Å²) in [6.07, 6.45) is 0. The molecule has 0 amide bonds. The van der Waals surface area contributed by atoms with E-state index in [0.717, 1.165) is 78.0 Å². The summed E-state index contributed by atoms with van der Waals surface area (Å²) in [6.45, 7) is 4.36. The van der Waals surface area contributed by atoms with Gasteiger partial charge in [0.25, 0.3) is 0 Å². The lowest BCUT2D eigenvalue weighted by Gasteiger charge is -2.29. The molecule has 0 aliphatic heterocycles. The topological polar surface area (TPSA) is 32.8 Å². The lowest BCUT2D eigenvalue weighted by molar-refractivity contribution is 0.668. The van der Waals surface area contributed by atoms with Gasteiger partial charge < -0.3 is 18.6 Å². The third-order valence-electron chi connectivity index (χ3n) is 13.0. The van der Waals surface area contributed by atoms with Crippen LogP contribution in [0, 0.1) is 13.8 Å². The maximum atomic E-state index is 6.61. The van der Waals surface area contributed by atoms with Gasteiger partial charge in [0, 0.05) is 44.3 Å². The van der Waals surface area contributed by atoms with E-state index in [1.807, 2.05) is 12.1 Å². The number of nitrogens with zero attached hydrogens (tertiary/aromatic N) is 2. The van der Waals surface area contributed by atoms with Crippen molar-refractivity contribution in [3.05, 3.63) is 205 Å². The number of fused-ring (bicyclic) bond motifs is 12. The first-order valence-electron chi connectivity index (χ1n) is 21.2. The monoisotopic (exact) mass is 794 g/mol. The molecule has 0 bridgehead atoms. The van der Waals surface area contributed by atoms with Gasteiger partial charge in [-0.3, -0.25) is 0 Å². The fourth-order valence-corrected chi connectivity index (χ4v) is 9.94. The van der Waals surface area contributed by atoms with Crippen molar-refractivity contribution in [3.8, 4) is 22.3 Å². The Morgan fingerprint density at radius 2 is 0.677 bits per heavy atom. The molecule has 12 aromatic rings. The molecule has 0 fully saturated rings. The third-order valence-corrected chi connectivity index (χ3v) is 13.0. The first kappa shape index (κ1) is 34.8. The van der Waals surface area contributed by atoms with Crippen molar-refractivity contribution < 1.29 is 8.83 Å². The van der Waals surface area contributed by atoms with Gasteiger partial charge in [0.2, 0.25) is 0 Å². The Balaban J connectivity index is 0.939. The van der Waals surface area contributed by atoms with E-state index >= 15 is 0 Å². The fraction of sp³-hybridized carbons (Fsp3) is 0.0345. The average Bonchev–Trinajstić information content (AvgIpc) is 3.89. The second kappa shape index (κ2) is 13.2. The second-order valence-electron chi connectivity index (χ2n) is 16.6. The molecule has 292 valence electrons. The van der Waals surface area contributed by atoms with Crippen LogP contribution in [-0.4, -0.2) is 0 Å². The fourth-order valence-electron chi connectivity index (χ4n) is 9.94. The molecule has 0 saturated carbocycles. The van der Waals surface area contributed by atoms with Gasteiger partial charge in [-0.05, 0) is 154 Å². The van der Waals surface area contributed by atoms with Crippen LogP contribution in [0.3, 0.4) is 0 Å². The number of hydrogen-bond donors (Lipinski definition) is 0. The Hall–Kier alpha value is -8.08. The van der Waals surface area contributed by atoms with Gasteiger partial charge in [0.1, 0.15) is 11.2 Å². The minimum atomic E-state index is 0.879. The molecule has 0 atom stereocenters. The Morgan fingerprint density at radius 1 is 0.306 bits per heavy atom. The van der Waals surface area contributed by atoms with Crippen molar-refractivity contribution >= 4 is 99.5 Å². The van der Waals surface area contributed by atoms with Gasteiger partial charge >= 0.3 is 0 Å². The number of anilines is 6. The van der Waals surface area contributed by atoms with Gasteiger partial charge in [0.05, 0.1) is 11.4 Å². The molecule has 0 unspecified atom stereocenters. The molecule has 2 aromatic heterocycles. The van der Waals surface area contributed by atoms with Crippen LogP contribution in [0.1, 0.15) is 11.1 Å². The molecule has 1 aliphatic rings. The van der Waals surface area contributed by atoms with Crippen molar-refractivity contribution in [1.82, 2.24) is 0 Å². The highest BCUT2D eigenvalue weighted by atomic mass is 16.3. The Kier molecular flexibility index (Phi) is 7.40. The number of aryl methyl sites for hydroxylation is 2. The van der Waals surface area contributed by atoms with E-state index in [4.69, 9.17) is 8.83 Å². The number of hydrogen-bond acceptors (Lipinski definition) is 4. The largest absolute Gasteiger partial charge is 0.454 e. The Bertz CT molecular complexity index is 3560. The third kappa shape index (κ3) is 5.13. The van der Waals surface area contributed by atoms with E-state index in [-0.39, 0.29) is 0 Å². The molecule has 1 aliphatic carbocycles. The van der Waals surface area contributed by atoms with E-state index in [9.17, 15) is 0 Å². The highest BCUT2D eigenvalue weighted by Gasteiger charge is 2.27. The van der Waals surface area contributed by atoms with Crippen LogP contribution in [0.2, 0.25) is 0 Å². The molecular formula is C58H38N2O2. The van der Waals surface area contributed by atoms with E-state index in [2.05, 4.69) is 206 Å². The zero-order valence-electron chi connectivity index (χ0n) is 34.2. The van der Waals surface area contributed by atoms with Gasteiger partial charge in [-0.25, -0.2) is 0 Å². The highest BCUT2D eigenvalue weighted by molar-refractivity contribution is 6.15. The maximum Gasteiger partial charge on any atom is 0.159 e. The average molecular weight is 795 g/mol. The predicted octanol–water partition coefficient (Wildman–Crippen LogP) is 17.0. The van der Waals surface area contributed by atoms with Crippen LogP contribution >= 0.6 is 0 Å². The number of para-hydroxylation sites is 6. The summed E-state index contributed by atoms with van der Waals surface area (Å²) < 4.78 is 13.2. The Morgan fingerprint density at radius 3 is 1.13 bits per heavy atom. The minimum Gasteiger partial charge on any atom is -0.454 e. The summed E-state index contributed by atoms with van der Waals surface area (Å²) in [5, 5.41) is 9.29. The van der Waals surface area contributed by atoms with Gasteiger partial charge in [0.15, 0.2) is 11.2 Å². The molecule has 62 heavy (non-hydrogen) atoms. The molecule has 4 heteroatoms. The molecule has 4 nitrogen and oxygen atoms in total. The molecule has 10 aromatic carbocycles. The maximum absolute atomic E-state index is 6.61. The number of furan rings is 2. The van der Waals surface area contributed by atoms with Crippen LogP contribution in [0.5, 0.6) is 0 Å². The summed E-state index contributed by atoms with van der Waals surface area (Å²) in [7, 11) is 0. The van der Waals surface area contributed by atoms with Crippen LogP contribution < -0.4 is 9.80 Å². The summed E-state index contributed by atoms with van der Waals surface area (Å²) in [5.41, 5.74) is 17.5. The first-order chi connectivity index (χ1) is 30.6. The number of benzene rings is 10. The molecule has 0 radical (unpaired) electrons. The van der Waals surface area contributed by atoms with Gasteiger partial charge in [-0.1, -0.05) is 109 Å². The van der Waals surface area contributed by atoms with Crippen molar-refractivity contribution in [1.29, 1.82) is 0 Å². The zero-order chi connectivity index (χ0) is 41.1. The zero-order valence-corrected chi connectivity index (χ0v) is 34.2. The Labute approximate surface area is 358 Å². The quantitative estimate of drug-likeness (QED) is 0.168. The van der Waals surface area contributed by atoms with E-state index < -0.39 is 0 Å². The summed E-state index contributed by atoms with van der Waals surface area (Å²) in [4.78, 5) is 4.71. The van der Waals surface area contributed by atoms with Crippen LogP contribution in [0.4, 0.5) is 34.1 Å². The predicted molar refractivity (Wildman–Crippen MR) is 259 cm³/mol. The van der Waals surface area contributed by atoms with Crippen molar-refractivity contribution in [3.63, 3.8) is 0 Å². The van der Waals surface area contributed by atoms with E-state index in [0.29, 0.717) is 0 Å². The standard InChI is InChI=1S/C58H38N2O2/c1-35-13-3-7-19-51(35)59(53-21-11-17-45-43-15-5-9-23-55(43)61-57(45)53)41-27-25-37-31-47-48-32-38-26-28-42(30-40(38)34-50(48)49(47)33-39(37)29-41)60(52-20-8-4-14-36(52)2)54-22-12-18-46-44-16-6-10-24-56(44)62-58(46)54/h3-34H,1-2H3. The van der Waals surface area contributed by atoms with Crippen LogP contribution in [0.25, 0.3) is 87.7 Å². The normalized spacial score (nSPS) is 12.0. The smallest absolute Gasteiger partial charge is 0.159 e. The van der Waals surface area contributed by atoms with Crippen molar-refractivity contribution in [2.75, 3.05) is 9.80 Å². The van der Waals surface area contributed by atoms with E-state index in [1.54, 1.807) is 0 Å². The van der Waals surface area contributed by atoms with E-state index in [1.165, 1.54) is 54.9 Å². The summed E-state index contributed by atoms with van der Waals surface area (Å²) >= 11 is 0. The molecular weight excluding hydrogens is 757 g/mol. The van der Waals surface area contributed by atoms with Crippen LogP contribution in [-0.2, 0) is 0 Å². The molecule has 0 N–H and O–H groups in total. The summed E-state index contributed by atoms with van der Waals surface area (Å²) in [5.74, 6) is 0. The second-order valence-corrected chi connectivity index (χ2v) is 16.6. The van der Waals surface area contributed by atoms with Gasteiger partial charge in [-0.15, -0.1) is 0 Å². The SMILES string of the molecule is Cc1ccccc1N(c1ccc2cc3c(cc2c1)-c1cc2cc(N(c4ccccc4C)c4cccc5c4oc4ccccc45)ccc2cc1-3)c1cccc2c1oc1ccccc12. The summed E-state index contributed by atoms with van der Waals surface area (Å²) in [6, 6.07) is 69.9. The molecule has 2 heterocycles. The lowest BCUT2D eigenvalue weighted by atomic mass is 9.78. The minimum absolute atomic E-state index is 0.879. The first-order valence-corrected chi connectivity index (χ1v) is 21.2. The van der Waals surface area contributed by atoms with Crippen LogP contribution in [0.15, 0.2) is 203 Å². The highest BCUT2D eigenvalue weighted by Crippen LogP contribution is 2.52. The van der Waals surface area contributed by atoms with Gasteiger partial charge in [-0.2, -0.15) is 0 Å². The number of rotatable bonds is 6. The lowest BCUT2D eigenvalue weighted by Crippen LogP contribution is -2.11. The van der Waals surface area contributed by atoms with Crippen molar-refractivity contribution in [2.24, 2.45) is 0 Å². The van der Waals surface area contributed by atoms with Crippen molar-refractivity contribution in [2.45, 2.75) is 13.8 Å². The molecule has 0 spiro atoms. The molecule has 0 saturated heterocycles. The molecule has 13 rings (SSSR count).